The number of hydrogen-bond acceptors (Lipinski definition) is 4. The van der Waals surface area contributed by atoms with E-state index in [4.69, 9.17) is 4.74 Å². The molecular formula is C26H30N2O2S. The lowest BCUT2D eigenvalue weighted by molar-refractivity contribution is 0.102. The molecule has 1 aliphatic heterocycles. The van der Waals surface area contributed by atoms with Gasteiger partial charge in [0.05, 0.1) is 0 Å². The third kappa shape index (κ3) is 6.02. The molecule has 0 spiro atoms. The number of carbonyl (C=O) groups excluding carboxylic acids is 1. The summed E-state index contributed by atoms with van der Waals surface area (Å²) in [5.74, 6) is 4.43. The first kappa shape index (κ1) is 21.7. The van der Waals surface area contributed by atoms with Gasteiger partial charge in [0.25, 0.3) is 5.91 Å². The van der Waals surface area contributed by atoms with E-state index >= 15 is 0 Å². The van der Waals surface area contributed by atoms with Crippen LogP contribution in [-0.2, 0) is 11.3 Å². The van der Waals surface area contributed by atoms with Crippen molar-refractivity contribution in [3.8, 4) is 0 Å². The molecule has 0 atom stereocenters. The van der Waals surface area contributed by atoms with Crippen LogP contribution in [0.2, 0.25) is 0 Å². The summed E-state index contributed by atoms with van der Waals surface area (Å²) in [6.07, 6.45) is 4.28. The molecule has 4 nitrogen and oxygen atoms in total. The number of anilines is 1. The van der Waals surface area contributed by atoms with E-state index in [1.807, 2.05) is 67.2 Å². The van der Waals surface area contributed by atoms with Crippen LogP contribution in [0.4, 0.5) is 5.69 Å². The zero-order valence-electron chi connectivity index (χ0n) is 18.1. The van der Waals surface area contributed by atoms with Crippen molar-refractivity contribution in [1.82, 2.24) is 4.90 Å². The first-order chi connectivity index (χ1) is 15.1. The lowest BCUT2D eigenvalue weighted by atomic mass is 10.1. The van der Waals surface area contributed by atoms with E-state index in [0.717, 1.165) is 42.4 Å². The van der Waals surface area contributed by atoms with E-state index in [1.54, 1.807) is 0 Å². The van der Waals surface area contributed by atoms with Crippen molar-refractivity contribution >= 4 is 29.1 Å². The van der Waals surface area contributed by atoms with Crippen molar-refractivity contribution < 1.29 is 9.53 Å². The standard InChI is InChI=1S/C26H30N2O2S/c1-3-25(30-19(2)21-7-8-21)22-9-11-24(12-10-22)27-26(29)23-6-4-5-20(17-23)18-28-13-15-31-16-14-28/h3-6,9-12,17,21H,2,7-8,13-16,18H2,1H3,(H,27,29)/b25-3-. The van der Waals surface area contributed by atoms with Crippen molar-refractivity contribution in [3.63, 3.8) is 0 Å². The summed E-state index contributed by atoms with van der Waals surface area (Å²) >= 11 is 2.01. The molecule has 2 aliphatic rings. The van der Waals surface area contributed by atoms with Gasteiger partial charge in [0, 0.05) is 53.9 Å². The number of thioether (sulfide) groups is 1. The summed E-state index contributed by atoms with van der Waals surface area (Å²) in [7, 11) is 0. The fourth-order valence-corrected chi connectivity index (χ4v) is 4.64. The minimum atomic E-state index is -0.0894. The molecule has 2 fully saturated rings. The predicted molar refractivity (Wildman–Crippen MR) is 130 cm³/mol. The molecule has 1 saturated heterocycles. The van der Waals surface area contributed by atoms with Crippen molar-refractivity contribution in [2.75, 3.05) is 29.9 Å². The van der Waals surface area contributed by atoms with Crippen molar-refractivity contribution in [3.05, 3.63) is 83.6 Å². The summed E-state index contributed by atoms with van der Waals surface area (Å²) < 4.78 is 5.95. The smallest absolute Gasteiger partial charge is 0.255 e. The topological polar surface area (TPSA) is 41.6 Å². The van der Waals surface area contributed by atoms with Gasteiger partial charge in [0.2, 0.25) is 0 Å². The molecule has 1 amide bonds. The number of rotatable bonds is 8. The number of nitrogens with one attached hydrogen (secondary N) is 1. The predicted octanol–water partition coefficient (Wildman–Crippen LogP) is 5.79. The molecule has 4 rings (SSSR count). The van der Waals surface area contributed by atoms with Crippen LogP contribution in [-0.4, -0.2) is 35.4 Å². The SMILES string of the molecule is C=C(O/C(=C\C)c1ccc(NC(=O)c2cccc(CN3CCSCC3)c2)cc1)C1CC1. The second-order valence-corrected chi connectivity index (χ2v) is 9.34. The van der Waals surface area contributed by atoms with Crippen LogP contribution in [0.3, 0.4) is 0 Å². The molecule has 0 radical (unpaired) electrons. The van der Waals surface area contributed by atoms with Crippen molar-refractivity contribution in [1.29, 1.82) is 0 Å². The third-order valence-corrected chi connectivity index (χ3v) is 6.60. The molecule has 162 valence electrons. The van der Waals surface area contributed by atoms with Crippen LogP contribution < -0.4 is 5.32 Å². The van der Waals surface area contributed by atoms with E-state index in [-0.39, 0.29) is 5.91 Å². The molecule has 0 bridgehead atoms. The van der Waals surface area contributed by atoms with Crippen LogP contribution in [0.5, 0.6) is 0 Å². The number of nitrogens with zero attached hydrogens (tertiary/aromatic N) is 1. The van der Waals surface area contributed by atoms with Gasteiger partial charge in [-0.15, -0.1) is 0 Å². The molecule has 1 saturated carbocycles. The van der Waals surface area contributed by atoms with Gasteiger partial charge in [-0.25, -0.2) is 0 Å². The highest BCUT2D eigenvalue weighted by molar-refractivity contribution is 7.99. The van der Waals surface area contributed by atoms with E-state index in [1.165, 1.54) is 29.9 Å². The van der Waals surface area contributed by atoms with E-state index in [2.05, 4.69) is 22.9 Å². The van der Waals surface area contributed by atoms with Gasteiger partial charge in [-0.2, -0.15) is 11.8 Å². The second kappa shape index (κ2) is 10.2. The monoisotopic (exact) mass is 434 g/mol. The Morgan fingerprint density at radius 2 is 1.90 bits per heavy atom. The molecular weight excluding hydrogens is 404 g/mol. The zero-order valence-corrected chi connectivity index (χ0v) is 18.9. The largest absolute Gasteiger partial charge is 0.462 e. The van der Waals surface area contributed by atoms with E-state index in [0.29, 0.717) is 11.5 Å². The molecule has 0 aromatic heterocycles. The molecule has 1 heterocycles. The number of amides is 1. The molecule has 1 N–H and O–H groups in total. The van der Waals surface area contributed by atoms with Crippen LogP contribution in [0.25, 0.3) is 5.76 Å². The quantitative estimate of drug-likeness (QED) is 0.534. The first-order valence-electron chi connectivity index (χ1n) is 11.0. The Bertz CT molecular complexity index is 958. The number of hydrogen-bond donors (Lipinski definition) is 1. The Kier molecular flexibility index (Phi) is 7.15. The minimum Gasteiger partial charge on any atom is -0.462 e. The number of carbonyl (C=O) groups is 1. The van der Waals surface area contributed by atoms with Crippen LogP contribution in [0.1, 0.15) is 41.3 Å². The normalized spacial score (nSPS) is 17.3. The highest BCUT2D eigenvalue weighted by Gasteiger charge is 2.27. The maximum Gasteiger partial charge on any atom is 0.255 e. The Labute approximate surface area is 189 Å². The summed E-state index contributed by atoms with van der Waals surface area (Å²) in [5, 5.41) is 3.01. The van der Waals surface area contributed by atoms with Gasteiger partial charge in [0.15, 0.2) is 0 Å². The van der Waals surface area contributed by atoms with Crippen molar-refractivity contribution in [2.45, 2.75) is 26.3 Å². The minimum absolute atomic E-state index is 0.0894. The molecule has 1 aliphatic carbocycles. The summed E-state index contributed by atoms with van der Waals surface area (Å²) in [4.78, 5) is 15.2. The van der Waals surface area contributed by atoms with Gasteiger partial charge >= 0.3 is 0 Å². The lowest BCUT2D eigenvalue weighted by Crippen LogP contribution is -2.32. The van der Waals surface area contributed by atoms with E-state index in [9.17, 15) is 4.79 Å². The fraction of sp³-hybridized carbons (Fsp3) is 0.346. The van der Waals surface area contributed by atoms with E-state index < -0.39 is 0 Å². The molecule has 5 heteroatoms. The Morgan fingerprint density at radius 3 is 2.58 bits per heavy atom. The van der Waals surface area contributed by atoms with Gasteiger partial charge < -0.3 is 10.1 Å². The second-order valence-electron chi connectivity index (χ2n) is 8.12. The average molecular weight is 435 g/mol. The molecule has 31 heavy (non-hydrogen) atoms. The van der Waals surface area contributed by atoms with Crippen molar-refractivity contribution in [2.24, 2.45) is 5.92 Å². The Balaban J connectivity index is 1.37. The highest BCUT2D eigenvalue weighted by Crippen LogP contribution is 2.38. The number of ether oxygens (including phenoxy) is 1. The molecule has 0 unspecified atom stereocenters. The number of benzene rings is 2. The number of allylic oxidation sites excluding steroid dienone is 2. The summed E-state index contributed by atoms with van der Waals surface area (Å²) in [6.45, 7) is 9.12. The summed E-state index contributed by atoms with van der Waals surface area (Å²) in [5.41, 5.74) is 3.61. The van der Waals surface area contributed by atoms with Crippen LogP contribution in [0, 0.1) is 5.92 Å². The first-order valence-corrected chi connectivity index (χ1v) is 12.1. The molecule has 2 aromatic rings. The third-order valence-electron chi connectivity index (χ3n) is 5.66. The van der Waals surface area contributed by atoms with Crippen LogP contribution in [0.15, 0.2) is 66.9 Å². The van der Waals surface area contributed by atoms with Gasteiger partial charge in [0.1, 0.15) is 11.5 Å². The maximum absolute atomic E-state index is 12.8. The average Bonchev–Trinajstić information content (AvgIpc) is 3.64. The van der Waals surface area contributed by atoms with Gasteiger partial charge in [-0.1, -0.05) is 18.7 Å². The fourth-order valence-electron chi connectivity index (χ4n) is 3.66. The molecule has 2 aromatic carbocycles. The summed E-state index contributed by atoms with van der Waals surface area (Å²) in [6, 6.07) is 15.7. The van der Waals surface area contributed by atoms with Gasteiger partial charge in [-0.05, 0) is 67.8 Å². The Morgan fingerprint density at radius 1 is 1.16 bits per heavy atom. The highest BCUT2D eigenvalue weighted by atomic mass is 32.2. The Hall–Kier alpha value is -2.50. The maximum atomic E-state index is 12.8. The lowest BCUT2D eigenvalue weighted by Gasteiger charge is -2.26. The zero-order chi connectivity index (χ0) is 21.6. The van der Waals surface area contributed by atoms with Crippen LogP contribution >= 0.6 is 11.8 Å². The van der Waals surface area contributed by atoms with Gasteiger partial charge in [-0.3, -0.25) is 9.69 Å².